The Balaban J connectivity index is 1.90. The molecule has 0 bridgehead atoms. The largest absolute Gasteiger partial charge is 0.330 e. The van der Waals surface area contributed by atoms with E-state index < -0.39 is 0 Å². The van der Waals surface area contributed by atoms with Crippen LogP contribution in [0.25, 0.3) is 0 Å². The van der Waals surface area contributed by atoms with Gasteiger partial charge in [-0.25, -0.2) is 0 Å². The van der Waals surface area contributed by atoms with Gasteiger partial charge in [0.1, 0.15) is 0 Å². The highest BCUT2D eigenvalue weighted by atomic mass is 15.2. The third-order valence-corrected chi connectivity index (χ3v) is 4.46. The molecule has 2 heteroatoms. The van der Waals surface area contributed by atoms with E-state index in [1.54, 1.807) is 0 Å². The van der Waals surface area contributed by atoms with Gasteiger partial charge in [-0.3, -0.25) is 4.90 Å². The molecule has 1 aliphatic heterocycles. The minimum Gasteiger partial charge on any atom is -0.330 e. The Morgan fingerprint density at radius 3 is 2.73 bits per heavy atom. The molecule has 2 nitrogen and oxygen atoms in total. The van der Waals surface area contributed by atoms with Crippen LogP contribution in [0, 0.1) is 5.92 Å². The number of hydrogen-bond donors (Lipinski definition) is 1. The summed E-state index contributed by atoms with van der Waals surface area (Å²) in [4.78, 5) is 2.80. The summed E-state index contributed by atoms with van der Waals surface area (Å²) in [6.07, 6.45) is 9.77. The molecule has 2 rings (SSSR count). The molecule has 1 heterocycles. The van der Waals surface area contributed by atoms with Crippen LogP contribution in [-0.4, -0.2) is 30.1 Å². The van der Waals surface area contributed by atoms with Gasteiger partial charge in [0.25, 0.3) is 0 Å². The van der Waals surface area contributed by atoms with E-state index in [-0.39, 0.29) is 0 Å². The van der Waals surface area contributed by atoms with Crippen LogP contribution in [0.3, 0.4) is 0 Å². The average molecular weight is 210 g/mol. The number of nitrogens with zero attached hydrogens (tertiary/aromatic N) is 1. The molecule has 0 radical (unpaired) electrons. The van der Waals surface area contributed by atoms with Crippen LogP contribution >= 0.6 is 0 Å². The summed E-state index contributed by atoms with van der Waals surface area (Å²) in [6, 6.07) is 1.74. The Morgan fingerprint density at radius 1 is 1.20 bits per heavy atom. The van der Waals surface area contributed by atoms with Crippen LogP contribution in [0.5, 0.6) is 0 Å². The summed E-state index contributed by atoms with van der Waals surface area (Å²) in [7, 11) is 0. The van der Waals surface area contributed by atoms with Crippen molar-refractivity contribution < 1.29 is 0 Å². The van der Waals surface area contributed by atoms with Gasteiger partial charge in [0.2, 0.25) is 0 Å². The molecule has 0 spiro atoms. The molecule has 2 N–H and O–H groups in total. The number of likely N-dealkylation sites (tertiary alicyclic amines) is 1. The van der Waals surface area contributed by atoms with Gasteiger partial charge in [-0.05, 0) is 57.5 Å². The fourth-order valence-electron chi connectivity index (χ4n) is 3.51. The Kier molecular flexibility index (Phi) is 4.04. The lowest BCUT2D eigenvalue weighted by Gasteiger charge is -2.39. The van der Waals surface area contributed by atoms with Gasteiger partial charge in [-0.2, -0.15) is 0 Å². The standard InChI is InChI=1S/C13H26N2/c1-2-12-5-3-4-8-15(12)13-7-6-11(9-13)10-14/h11-13H,2-10,14H2,1H3. The summed E-state index contributed by atoms with van der Waals surface area (Å²) in [5.41, 5.74) is 5.77. The Hall–Kier alpha value is -0.0800. The lowest BCUT2D eigenvalue weighted by Crippen LogP contribution is -2.45. The van der Waals surface area contributed by atoms with Crippen molar-refractivity contribution in [2.24, 2.45) is 11.7 Å². The predicted octanol–water partition coefficient (Wildman–Crippen LogP) is 2.38. The quantitative estimate of drug-likeness (QED) is 0.775. The van der Waals surface area contributed by atoms with E-state index in [1.807, 2.05) is 0 Å². The van der Waals surface area contributed by atoms with Crippen molar-refractivity contribution in [2.45, 2.75) is 64.0 Å². The topological polar surface area (TPSA) is 29.3 Å². The maximum atomic E-state index is 5.77. The summed E-state index contributed by atoms with van der Waals surface area (Å²) < 4.78 is 0. The highest BCUT2D eigenvalue weighted by Crippen LogP contribution is 2.33. The number of rotatable bonds is 3. The monoisotopic (exact) mass is 210 g/mol. The van der Waals surface area contributed by atoms with E-state index in [1.165, 1.54) is 51.5 Å². The second-order valence-electron chi connectivity index (χ2n) is 5.36. The average Bonchev–Trinajstić information content (AvgIpc) is 2.77. The summed E-state index contributed by atoms with van der Waals surface area (Å²) in [6.45, 7) is 4.60. The van der Waals surface area contributed by atoms with Crippen LogP contribution in [0.2, 0.25) is 0 Å². The smallest absolute Gasteiger partial charge is 0.0101 e. The molecule has 0 aromatic rings. The lowest BCUT2D eigenvalue weighted by molar-refractivity contribution is 0.0923. The zero-order chi connectivity index (χ0) is 10.7. The van der Waals surface area contributed by atoms with E-state index in [4.69, 9.17) is 5.73 Å². The van der Waals surface area contributed by atoms with Crippen molar-refractivity contribution in [3.63, 3.8) is 0 Å². The molecule has 3 unspecified atom stereocenters. The zero-order valence-electron chi connectivity index (χ0n) is 10.1. The van der Waals surface area contributed by atoms with Crippen LogP contribution in [0.15, 0.2) is 0 Å². The first-order valence-electron chi connectivity index (χ1n) is 6.81. The first-order chi connectivity index (χ1) is 7.35. The minimum absolute atomic E-state index is 0.814. The van der Waals surface area contributed by atoms with E-state index in [9.17, 15) is 0 Å². The maximum absolute atomic E-state index is 5.77. The Morgan fingerprint density at radius 2 is 2.07 bits per heavy atom. The Bertz CT molecular complexity index is 193. The molecule has 2 fully saturated rings. The molecule has 0 aromatic carbocycles. The van der Waals surface area contributed by atoms with E-state index in [0.717, 1.165) is 24.5 Å². The SMILES string of the molecule is CCC1CCCCN1C1CCC(CN)C1. The van der Waals surface area contributed by atoms with Crippen molar-refractivity contribution in [3.05, 3.63) is 0 Å². The Labute approximate surface area is 94.2 Å². The van der Waals surface area contributed by atoms with Crippen LogP contribution in [-0.2, 0) is 0 Å². The third-order valence-electron chi connectivity index (χ3n) is 4.46. The molecule has 0 aromatic heterocycles. The van der Waals surface area contributed by atoms with Crippen molar-refractivity contribution in [2.75, 3.05) is 13.1 Å². The van der Waals surface area contributed by atoms with Crippen LogP contribution in [0.4, 0.5) is 0 Å². The highest BCUT2D eigenvalue weighted by Gasteiger charge is 2.32. The normalized spacial score (nSPS) is 38.4. The lowest BCUT2D eigenvalue weighted by atomic mass is 9.97. The van der Waals surface area contributed by atoms with E-state index in [2.05, 4.69) is 11.8 Å². The zero-order valence-corrected chi connectivity index (χ0v) is 10.1. The molecule has 2 aliphatic rings. The summed E-state index contributed by atoms with van der Waals surface area (Å²) >= 11 is 0. The molecule has 1 aliphatic carbocycles. The van der Waals surface area contributed by atoms with Gasteiger partial charge in [0.05, 0.1) is 0 Å². The van der Waals surface area contributed by atoms with Crippen molar-refractivity contribution in [3.8, 4) is 0 Å². The molecule has 1 saturated carbocycles. The fourth-order valence-corrected chi connectivity index (χ4v) is 3.51. The van der Waals surface area contributed by atoms with E-state index >= 15 is 0 Å². The van der Waals surface area contributed by atoms with Crippen LogP contribution < -0.4 is 5.73 Å². The van der Waals surface area contributed by atoms with E-state index in [0.29, 0.717) is 0 Å². The first kappa shape index (κ1) is 11.4. The number of piperidine rings is 1. The third kappa shape index (κ3) is 2.54. The second kappa shape index (κ2) is 5.31. The molecule has 1 saturated heterocycles. The van der Waals surface area contributed by atoms with Crippen LogP contribution in [0.1, 0.15) is 51.9 Å². The van der Waals surface area contributed by atoms with Crippen molar-refractivity contribution >= 4 is 0 Å². The minimum atomic E-state index is 0.814. The molecular formula is C13H26N2. The fraction of sp³-hybridized carbons (Fsp3) is 1.00. The van der Waals surface area contributed by atoms with Gasteiger partial charge in [-0.15, -0.1) is 0 Å². The van der Waals surface area contributed by atoms with Gasteiger partial charge in [0, 0.05) is 12.1 Å². The molecule has 15 heavy (non-hydrogen) atoms. The molecule has 3 atom stereocenters. The molecule has 88 valence electrons. The van der Waals surface area contributed by atoms with Gasteiger partial charge in [0.15, 0.2) is 0 Å². The first-order valence-corrected chi connectivity index (χ1v) is 6.81. The predicted molar refractivity (Wildman–Crippen MR) is 64.8 cm³/mol. The van der Waals surface area contributed by atoms with Gasteiger partial charge < -0.3 is 5.73 Å². The molecular weight excluding hydrogens is 184 g/mol. The van der Waals surface area contributed by atoms with Gasteiger partial charge >= 0.3 is 0 Å². The molecule has 0 amide bonds. The number of nitrogens with two attached hydrogens (primary N) is 1. The van der Waals surface area contributed by atoms with Crippen molar-refractivity contribution in [1.29, 1.82) is 0 Å². The highest BCUT2D eigenvalue weighted by molar-refractivity contribution is 4.88. The van der Waals surface area contributed by atoms with Crippen molar-refractivity contribution in [1.82, 2.24) is 4.90 Å². The second-order valence-corrected chi connectivity index (χ2v) is 5.36. The maximum Gasteiger partial charge on any atom is 0.0101 e. The number of hydrogen-bond acceptors (Lipinski definition) is 2. The summed E-state index contributed by atoms with van der Waals surface area (Å²) in [5.74, 6) is 0.814. The van der Waals surface area contributed by atoms with Gasteiger partial charge in [-0.1, -0.05) is 13.3 Å². The summed E-state index contributed by atoms with van der Waals surface area (Å²) in [5, 5.41) is 0.